The Morgan fingerprint density at radius 2 is 1.48 bits per heavy atom. The lowest BCUT2D eigenvalue weighted by atomic mass is 9.49. The molecule has 0 saturated heterocycles. The van der Waals surface area contributed by atoms with Crippen LogP contribution in [0.3, 0.4) is 0 Å². The Bertz CT molecular complexity index is 1710. The summed E-state index contributed by atoms with van der Waals surface area (Å²) >= 11 is 0. The van der Waals surface area contributed by atoms with Crippen LogP contribution in [0.4, 0.5) is 0 Å². The molecule has 1 aromatic carbocycles. The minimum Gasteiger partial charge on any atom is -0.447 e. The molecule has 0 atom stereocenters. The van der Waals surface area contributed by atoms with Gasteiger partial charge in [-0.25, -0.2) is 9.59 Å². The third kappa shape index (κ3) is 4.00. The van der Waals surface area contributed by atoms with Crippen LogP contribution in [-0.4, -0.2) is 30.9 Å². The number of ether oxygens (including phenoxy) is 3. The van der Waals surface area contributed by atoms with Gasteiger partial charge >= 0.3 is 17.9 Å². The van der Waals surface area contributed by atoms with Crippen LogP contribution in [0, 0.1) is 23.2 Å². The summed E-state index contributed by atoms with van der Waals surface area (Å²) < 4.78 is 57.3. The van der Waals surface area contributed by atoms with E-state index in [4.69, 9.17) is 18.6 Å². The zero-order chi connectivity index (χ0) is 29.9. The summed E-state index contributed by atoms with van der Waals surface area (Å²) in [5, 5.41) is 0. The monoisotopic (exact) mass is 596 g/mol. The Labute approximate surface area is 242 Å². The minimum atomic E-state index is -4.57. The fourth-order valence-electron chi connectivity index (χ4n) is 8.26. The average Bonchev–Trinajstić information content (AvgIpc) is 3.50. The Hall–Kier alpha value is -3.44. The molecule has 8 rings (SSSR count). The smallest absolute Gasteiger partial charge is 0.348 e. The Morgan fingerprint density at radius 3 is 1.98 bits per heavy atom. The van der Waals surface area contributed by atoms with Crippen molar-refractivity contribution in [3.05, 3.63) is 34.4 Å². The van der Waals surface area contributed by atoms with E-state index in [2.05, 4.69) is 0 Å². The van der Waals surface area contributed by atoms with Crippen LogP contribution >= 0.6 is 0 Å². The van der Waals surface area contributed by atoms with Gasteiger partial charge in [0.05, 0.1) is 5.41 Å². The first-order valence-electron chi connectivity index (χ1n) is 14.5. The van der Waals surface area contributed by atoms with Gasteiger partial charge in [0.15, 0.2) is 11.2 Å². The molecule has 42 heavy (non-hydrogen) atoms. The summed E-state index contributed by atoms with van der Waals surface area (Å²) in [6.07, 6.45) is 5.79. The van der Waals surface area contributed by atoms with Crippen molar-refractivity contribution in [3.8, 4) is 17.2 Å². The van der Waals surface area contributed by atoms with Crippen LogP contribution in [0.1, 0.15) is 110 Å². The van der Waals surface area contributed by atoms with Gasteiger partial charge in [0, 0.05) is 0 Å². The van der Waals surface area contributed by atoms with Gasteiger partial charge in [-0.2, -0.15) is 8.42 Å². The maximum absolute atomic E-state index is 13.7. The van der Waals surface area contributed by atoms with Gasteiger partial charge in [-0.05, 0) is 91.4 Å². The van der Waals surface area contributed by atoms with Crippen molar-refractivity contribution in [2.75, 3.05) is 0 Å². The average molecular weight is 597 g/mol. The third-order valence-electron chi connectivity index (χ3n) is 9.63. The van der Waals surface area contributed by atoms with Crippen molar-refractivity contribution in [2.24, 2.45) is 23.2 Å². The fraction of sp³-hybridized carbons (Fsp3) is 0.516. The topological polar surface area (TPSA) is 146 Å². The van der Waals surface area contributed by atoms with Crippen LogP contribution in [0.15, 0.2) is 21.4 Å². The predicted molar refractivity (Wildman–Crippen MR) is 148 cm³/mol. The van der Waals surface area contributed by atoms with Crippen molar-refractivity contribution in [3.63, 3.8) is 0 Å². The second kappa shape index (κ2) is 9.03. The fourth-order valence-corrected chi connectivity index (χ4v) is 9.44. The van der Waals surface area contributed by atoms with Crippen LogP contribution in [0.5, 0.6) is 17.2 Å². The summed E-state index contributed by atoms with van der Waals surface area (Å²) in [7, 11) is -4.57. The molecule has 0 spiro atoms. The summed E-state index contributed by atoms with van der Waals surface area (Å²) in [4.78, 5) is 39.9. The first-order chi connectivity index (χ1) is 19.8. The van der Waals surface area contributed by atoms with E-state index in [0.717, 1.165) is 38.5 Å². The van der Waals surface area contributed by atoms with Crippen molar-refractivity contribution >= 4 is 39.2 Å². The van der Waals surface area contributed by atoms with E-state index in [0.29, 0.717) is 17.8 Å². The first-order valence-corrected chi connectivity index (χ1v) is 15.9. The zero-order valence-electron chi connectivity index (χ0n) is 23.8. The van der Waals surface area contributed by atoms with Gasteiger partial charge in [0.2, 0.25) is 11.5 Å². The number of rotatable bonds is 7. The summed E-state index contributed by atoms with van der Waals surface area (Å²) in [6.45, 7) is 7.02. The molecule has 11 heteroatoms. The maximum atomic E-state index is 13.7. The van der Waals surface area contributed by atoms with Gasteiger partial charge in [-0.1, -0.05) is 27.7 Å². The lowest BCUT2D eigenvalue weighted by Crippen LogP contribution is -2.51. The number of hydrogen-bond donors (Lipinski definition) is 1. The van der Waals surface area contributed by atoms with Gasteiger partial charge in [-0.3, -0.25) is 9.35 Å². The van der Waals surface area contributed by atoms with Crippen molar-refractivity contribution in [1.29, 1.82) is 0 Å². The van der Waals surface area contributed by atoms with E-state index in [1.54, 1.807) is 27.7 Å². The number of carbonyl (C=O) groups excluding carboxylic acids is 3. The number of hydrogen-bond acceptors (Lipinski definition) is 9. The lowest BCUT2D eigenvalue weighted by molar-refractivity contribution is -0.161. The molecule has 10 nitrogen and oxygen atoms in total. The van der Waals surface area contributed by atoms with Crippen LogP contribution in [0.25, 0.3) is 11.2 Å². The largest absolute Gasteiger partial charge is 0.447 e. The molecule has 4 aliphatic carbocycles. The molecule has 0 radical (unpaired) electrons. The molecule has 4 saturated carbocycles. The Kier molecular flexibility index (Phi) is 5.89. The highest BCUT2D eigenvalue weighted by atomic mass is 32.2. The van der Waals surface area contributed by atoms with E-state index in [-0.39, 0.29) is 73.4 Å². The normalized spacial score (nSPS) is 26.1. The number of benzene rings is 2. The number of carbonyl (C=O) groups is 3. The molecule has 1 aliphatic heterocycles. The van der Waals surface area contributed by atoms with Crippen LogP contribution in [0.2, 0.25) is 0 Å². The van der Waals surface area contributed by atoms with Crippen molar-refractivity contribution in [1.82, 2.24) is 0 Å². The molecule has 6 bridgehead atoms. The van der Waals surface area contributed by atoms with Gasteiger partial charge in [0.25, 0.3) is 10.1 Å². The molecule has 3 aromatic rings. The SMILES string of the molecule is CC(C)c1cc(OC(=O)c2c3c4oc2c(OC(=O)C25CC6CC(CC(C6)C2)C5)c4OC3=O)cc(C(C)C)c1S(=O)(=O)O. The summed E-state index contributed by atoms with van der Waals surface area (Å²) in [5.41, 5.74) is -0.385. The summed E-state index contributed by atoms with van der Waals surface area (Å²) in [5.74, 6) is -1.31. The van der Waals surface area contributed by atoms with Gasteiger partial charge in [0.1, 0.15) is 21.8 Å². The van der Waals surface area contributed by atoms with Crippen molar-refractivity contribution < 1.29 is 46.0 Å². The number of furan rings is 2. The maximum Gasteiger partial charge on any atom is 0.348 e. The quantitative estimate of drug-likeness (QED) is 0.189. The van der Waals surface area contributed by atoms with E-state index in [1.165, 1.54) is 12.1 Å². The molecule has 222 valence electrons. The first kappa shape index (κ1) is 27.4. The highest BCUT2D eigenvalue weighted by Gasteiger charge is 2.56. The lowest BCUT2D eigenvalue weighted by Gasteiger charge is -2.55. The number of esters is 3. The van der Waals surface area contributed by atoms with E-state index in [9.17, 15) is 27.4 Å². The molecule has 3 heterocycles. The van der Waals surface area contributed by atoms with Crippen LogP contribution in [-0.2, 0) is 14.9 Å². The Balaban J connectivity index is 1.24. The zero-order valence-corrected chi connectivity index (χ0v) is 24.6. The van der Waals surface area contributed by atoms with Gasteiger partial charge < -0.3 is 18.6 Å². The number of fused-ring (bicyclic) bond motifs is 1. The highest BCUT2D eigenvalue weighted by molar-refractivity contribution is 7.86. The van der Waals surface area contributed by atoms with E-state index >= 15 is 0 Å². The van der Waals surface area contributed by atoms with Crippen LogP contribution < -0.4 is 14.2 Å². The highest BCUT2D eigenvalue weighted by Crippen LogP contribution is 2.61. The summed E-state index contributed by atoms with van der Waals surface area (Å²) in [6, 6.07) is 2.77. The molecule has 1 N–H and O–H groups in total. The van der Waals surface area contributed by atoms with E-state index < -0.39 is 27.5 Å². The second-order valence-corrected chi connectivity index (χ2v) is 14.6. The molecular weight excluding hydrogens is 564 g/mol. The molecule has 0 unspecified atom stereocenters. The minimum absolute atomic E-state index is 0.00122. The molecule has 4 fully saturated rings. The molecule has 2 aromatic heterocycles. The molecule has 0 amide bonds. The van der Waals surface area contributed by atoms with Crippen molar-refractivity contribution in [2.45, 2.75) is 83.0 Å². The van der Waals surface area contributed by atoms with Gasteiger partial charge in [-0.15, -0.1) is 0 Å². The Morgan fingerprint density at radius 1 is 0.929 bits per heavy atom. The van der Waals surface area contributed by atoms with E-state index in [1.807, 2.05) is 0 Å². The molecular formula is C31H32O10S. The molecule has 5 aliphatic rings. The standard InChI is InChI=1S/C31H32O10S/c1-13(2)19-8-18(9-20(14(3)4)27(19)42(35,36)37)38-28(32)21-22-23-25(40-29(22)33)26(24(21)39-23)41-30(34)31-10-15-5-16(11-31)7-17(6-15)12-31/h8-9,13-17H,5-7,10-12H2,1-4H3,(H,35,36,37). The second-order valence-electron chi connectivity index (χ2n) is 13.3. The predicted octanol–water partition coefficient (Wildman–Crippen LogP) is 6.24. The third-order valence-corrected chi connectivity index (χ3v) is 10.6.